The molecule has 4 nitrogen and oxygen atoms in total. The van der Waals surface area contributed by atoms with E-state index in [1.54, 1.807) is 12.5 Å². The number of ether oxygens (including phenoxy) is 1. The summed E-state index contributed by atoms with van der Waals surface area (Å²) in [6, 6.07) is -0.0945. The number of aliphatic hydroxyl groups is 1. The Morgan fingerprint density at radius 1 is 1.21 bits per heavy atom. The highest BCUT2D eigenvalue weighted by Gasteiger charge is 2.57. The molecular formula is C25H34N2O2. The van der Waals surface area contributed by atoms with Crippen LogP contribution < -0.4 is 0 Å². The van der Waals surface area contributed by atoms with Gasteiger partial charge in [-0.2, -0.15) is 0 Å². The van der Waals surface area contributed by atoms with E-state index in [1.165, 1.54) is 24.0 Å². The Bertz CT molecular complexity index is 827. The monoisotopic (exact) mass is 394 g/mol. The van der Waals surface area contributed by atoms with E-state index in [1.807, 2.05) is 11.1 Å². The van der Waals surface area contributed by atoms with Gasteiger partial charge >= 0.3 is 0 Å². The average molecular weight is 395 g/mol. The first-order chi connectivity index (χ1) is 13.9. The van der Waals surface area contributed by atoms with Crippen LogP contribution in [-0.2, 0) is 4.74 Å². The first-order valence-electron chi connectivity index (χ1n) is 11.3. The van der Waals surface area contributed by atoms with Crippen LogP contribution in [0, 0.1) is 34.0 Å². The van der Waals surface area contributed by atoms with Crippen LogP contribution in [0.25, 0.3) is 0 Å². The number of rotatable bonds is 3. The fourth-order valence-electron chi connectivity index (χ4n) is 7.59. The normalized spacial score (nSPS) is 44.2. The highest BCUT2D eigenvalue weighted by Crippen LogP contribution is 2.65. The van der Waals surface area contributed by atoms with Crippen molar-refractivity contribution in [2.24, 2.45) is 28.6 Å². The fourth-order valence-corrected chi connectivity index (χ4v) is 7.59. The minimum absolute atomic E-state index is 0.0945. The molecule has 0 spiro atoms. The molecule has 0 amide bonds. The second-order valence-electron chi connectivity index (χ2n) is 10.3. The molecule has 156 valence electrons. The van der Waals surface area contributed by atoms with Gasteiger partial charge in [0.25, 0.3) is 0 Å². The van der Waals surface area contributed by atoms with E-state index in [2.05, 4.69) is 32.6 Å². The van der Waals surface area contributed by atoms with E-state index in [4.69, 9.17) is 10.1 Å². The molecule has 0 aromatic heterocycles. The molecular weight excluding hydrogens is 360 g/mol. The van der Waals surface area contributed by atoms with Gasteiger partial charge in [-0.15, -0.1) is 0 Å². The Balaban J connectivity index is 1.44. The predicted molar refractivity (Wildman–Crippen MR) is 115 cm³/mol. The molecule has 0 bridgehead atoms. The van der Waals surface area contributed by atoms with Crippen LogP contribution >= 0.6 is 0 Å². The van der Waals surface area contributed by atoms with E-state index in [9.17, 15) is 5.11 Å². The minimum Gasteiger partial charge on any atom is -0.448 e. The van der Waals surface area contributed by atoms with Crippen molar-refractivity contribution in [3.05, 3.63) is 48.2 Å². The fraction of sp³-hybridized carbons (Fsp3) is 0.640. The molecule has 1 aliphatic heterocycles. The van der Waals surface area contributed by atoms with Crippen LogP contribution in [0.1, 0.15) is 58.8 Å². The molecule has 4 aliphatic carbocycles. The van der Waals surface area contributed by atoms with Gasteiger partial charge in [-0.1, -0.05) is 31.6 Å². The number of nitrogens with zero attached hydrogens (tertiary/aromatic N) is 1. The summed E-state index contributed by atoms with van der Waals surface area (Å²) in [4.78, 5) is 2.00. The van der Waals surface area contributed by atoms with Crippen LogP contribution in [0.4, 0.5) is 0 Å². The molecule has 2 fully saturated rings. The predicted octanol–water partition coefficient (Wildman–Crippen LogP) is 5.14. The molecule has 5 rings (SSSR count). The average Bonchev–Trinajstić information content (AvgIpc) is 3.27. The number of allylic oxidation sites excluding steroid dienone is 2. The molecule has 0 aromatic carbocycles. The lowest BCUT2D eigenvalue weighted by Crippen LogP contribution is -2.51. The van der Waals surface area contributed by atoms with Crippen molar-refractivity contribution in [2.45, 2.75) is 70.9 Å². The number of hydrogen-bond acceptors (Lipinski definition) is 4. The summed E-state index contributed by atoms with van der Waals surface area (Å²) in [7, 11) is 0. The molecule has 7 atom stereocenters. The Labute approximate surface area is 174 Å². The Morgan fingerprint density at radius 2 is 2.00 bits per heavy atom. The molecule has 4 heteroatoms. The Hall–Kier alpha value is -1.81. The molecule has 1 heterocycles. The maximum atomic E-state index is 10.2. The van der Waals surface area contributed by atoms with Gasteiger partial charge in [0.1, 0.15) is 6.26 Å². The van der Waals surface area contributed by atoms with Crippen molar-refractivity contribution < 1.29 is 9.84 Å². The van der Waals surface area contributed by atoms with E-state index in [0.29, 0.717) is 17.7 Å². The van der Waals surface area contributed by atoms with Gasteiger partial charge in [-0.25, -0.2) is 0 Å². The highest BCUT2D eigenvalue weighted by atomic mass is 16.5. The summed E-state index contributed by atoms with van der Waals surface area (Å²) >= 11 is 0. The third-order valence-electron chi connectivity index (χ3n) is 9.21. The van der Waals surface area contributed by atoms with Gasteiger partial charge in [0, 0.05) is 12.4 Å². The minimum atomic E-state index is -0.142. The summed E-state index contributed by atoms with van der Waals surface area (Å²) < 4.78 is 5.44. The molecule has 5 aliphatic rings. The zero-order valence-electron chi connectivity index (χ0n) is 17.7. The van der Waals surface area contributed by atoms with Gasteiger partial charge in [0.05, 0.1) is 12.1 Å². The van der Waals surface area contributed by atoms with Crippen molar-refractivity contribution >= 4 is 6.21 Å². The number of fused-ring (bicyclic) bond motifs is 5. The van der Waals surface area contributed by atoms with E-state index < -0.39 is 0 Å². The van der Waals surface area contributed by atoms with Gasteiger partial charge in [0.15, 0.2) is 5.88 Å². The lowest BCUT2D eigenvalue weighted by molar-refractivity contribution is -0.0311. The van der Waals surface area contributed by atoms with Crippen LogP contribution in [0.15, 0.2) is 48.2 Å². The van der Waals surface area contributed by atoms with Crippen molar-refractivity contribution in [1.82, 2.24) is 4.90 Å². The Kier molecular flexibility index (Phi) is 4.36. The maximum absolute atomic E-state index is 10.2. The van der Waals surface area contributed by atoms with Crippen molar-refractivity contribution in [2.75, 3.05) is 0 Å². The zero-order valence-corrected chi connectivity index (χ0v) is 17.7. The molecule has 0 radical (unpaired) electrons. The standard InChI is InChI=1S/C25H34N2O2/c1-16-27(12-13-29-16)23(15-26)22-7-6-20-19-5-4-17-14-18(28)8-10-24(17,2)21(19)9-11-25(20,22)3/h4,7,12-13,15,18-21,23,26,28H,1,5-6,8-11,14H2,2-3H3. The van der Waals surface area contributed by atoms with E-state index >= 15 is 0 Å². The van der Waals surface area contributed by atoms with Crippen molar-refractivity contribution in [3.63, 3.8) is 0 Å². The lowest BCUT2D eigenvalue weighted by Gasteiger charge is -2.58. The summed E-state index contributed by atoms with van der Waals surface area (Å²) in [5.41, 5.74) is 3.31. The van der Waals surface area contributed by atoms with Gasteiger partial charge in [-0.3, -0.25) is 0 Å². The summed E-state index contributed by atoms with van der Waals surface area (Å²) in [5, 5.41) is 18.4. The molecule has 0 saturated heterocycles. The van der Waals surface area contributed by atoms with Gasteiger partial charge in [-0.05, 0) is 85.7 Å². The topological polar surface area (TPSA) is 56.5 Å². The largest absolute Gasteiger partial charge is 0.448 e. The smallest absolute Gasteiger partial charge is 0.192 e. The third kappa shape index (κ3) is 2.64. The summed E-state index contributed by atoms with van der Waals surface area (Å²) in [6.45, 7) is 8.93. The van der Waals surface area contributed by atoms with Gasteiger partial charge < -0.3 is 20.2 Å². The van der Waals surface area contributed by atoms with Crippen molar-refractivity contribution in [3.8, 4) is 0 Å². The molecule has 7 unspecified atom stereocenters. The Morgan fingerprint density at radius 3 is 2.72 bits per heavy atom. The number of hydrogen-bond donors (Lipinski definition) is 2. The second kappa shape index (κ2) is 6.60. The molecule has 0 aromatic rings. The van der Waals surface area contributed by atoms with Gasteiger partial charge in [0.2, 0.25) is 0 Å². The van der Waals surface area contributed by atoms with Crippen LogP contribution in [-0.4, -0.2) is 28.4 Å². The number of nitrogens with one attached hydrogen (secondary N) is 1. The van der Waals surface area contributed by atoms with E-state index in [0.717, 1.165) is 38.0 Å². The molecule has 2 saturated carbocycles. The van der Waals surface area contributed by atoms with Crippen LogP contribution in [0.5, 0.6) is 0 Å². The quantitative estimate of drug-likeness (QED) is 0.515. The third-order valence-corrected chi connectivity index (χ3v) is 9.21. The first-order valence-corrected chi connectivity index (χ1v) is 11.3. The lowest BCUT2D eigenvalue weighted by atomic mass is 9.47. The summed E-state index contributed by atoms with van der Waals surface area (Å²) in [5.74, 6) is 2.68. The zero-order chi connectivity index (χ0) is 20.4. The SMILES string of the molecule is C=C1OC=CN1C(C=N)C1=CCC2C3CC=C4CC(O)CCC4(C)C3CCC12C. The highest BCUT2D eigenvalue weighted by molar-refractivity contribution is 5.68. The molecule has 29 heavy (non-hydrogen) atoms. The second-order valence-corrected chi connectivity index (χ2v) is 10.3. The van der Waals surface area contributed by atoms with Crippen LogP contribution in [0.3, 0.4) is 0 Å². The van der Waals surface area contributed by atoms with Crippen molar-refractivity contribution in [1.29, 1.82) is 5.41 Å². The first kappa shape index (κ1) is 19.2. The maximum Gasteiger partial charge on any atom is 0.192 e. The summed E-state index contributed by atoms with van der Waals surface area (Å²) in [6.07, 6.45) is 17.5. The van der Waals surface area contributed by atoms with Crippen LogP contribution in [0.2, 0.25) is 0 Å². The van der Waals surface area contributed by atoms with E-state index in [-0.39, 0.29) is 23.0 Å². The molecule has 2 N–H and O–H groups in total. The number of aliphatic hydroxyl groups excluding tert-OH is 1.